The zero-order valence-electron chi connectivity index (χ0n) is 11.9. The minimum absolute atomic E-state index is 0.0216. The summed E-state index contributed by atoms with van der Waals surface area (Å²) in [6.45, 7) is 0. The second kappa shape index (κ2) is 7.55. The highest BCUT2D eigenvalue weighted by molar-refractivity contribution is 7.52. The molecule has 0 fully saturated rings. The van der Waals surface area contributed by atoms with E-state index in [2.05, 4.69) is 0 Å². The molecule has 0 aromatic heterocycles. The summed E-state index contributed by atoms with van der Waals surface area (Å²) in [6.07, 6.45) is -2.18. The molecule has 0 spiro atoms. The molecule has 0 saturated heterocycles. The summed E-state index contributed by atoms with van der Waals surface area (Å²) in [7, 11) is -9.36. The number of benzene rings is 1. The second-order valence-electron chi connectivity index (χ2n) is 4.99. The van der Waals surface area contributed by atoms with Gasteiger partial charge in [-0.05, 0) is 24.1 Å². The van der Waals surface area contributed by atoms with E-state index in [1.165, 1.54) is 24.3 Å². The van der Waals surface area contributed by atoms with Gasteiger partial charge in [-0.15, -0.1) is 0 Å². The Morgan fingerprint density at radius 1 is 1.04 bits per heavy atom. The van der Waals surface area contributed by atoms with Crippen molar-refractivity contribution in [2.24, 2.45) is 5.73 Å². The van der Waals surface area contributed by atoms with Crippen LogP contribution in [-0.4, -0.2) is 54.1 Å². The van der Waals surface area contributed by atoms with Crippen molar-refractivity contribution in [1.82, 2.24) is 4.90 Å². The van der Waals surface area contributed by atoms with Crippen molar-refractivity contribution in [3.05, 3.63) is 29.8 Å². The number of phenolic OH excluding ortho intramolecular Hbond substituents is 1. The van der Waals surface area contributed by atoms with Gasteiger partial charge in [0.2, 0.25) is 5.91 Å². The number of nitrogens with zero attached hydrogens (tertiary/aromatic N) is 1. The molecule has 0 aliphatic rings. The van der Waals surface area contributed by atoms with Gasteiger partial charge in [-0.1, -0.05) is 12.1 Å². The van der Waals surface area contributed by atoms with Crippen molar-refractivity contribution in [1.29, 1.82) is 0 Å². The monoisotopic (exact) mass is 368 g/mol. The van der Waals surface area contributed by atoms with E-state index in [0.29, 0.717) is 10.5 Å². The lowest BCUT2D eigenvalue weighted by atomic mass is 10.0. The fraction of sp³-hybridized carbons (Fsp3) is 0.364. The predicted molar refractivity (Wildman–Crippen MR) is 80.5 cm³/mol. The maximum atomic E-state index is 11.6. The number of primary amides is 1. The normalized spacial score (nSPS) is 14.0. The van der Waals surface area contributed by atoms with E-state index in [4.69, 9.17) is 25.3 Å². The number of phenols is 1. The summed E-state index contributed by atoms with van der Waals surface area (Å²) in [5.74, 6) is -1.01. The largest absolute Gasteiger partial charge is 0.508 e. The van der Waals surface area contributed by atoms with Crippen molar-refractivity contribution in [3.8, 4) is 5.75 Å². The molecule has 7 N–H and O–H groups in total. The van der Waals surface area contributed by atoms with Crippen LogP contribution in [0, 0.1) is 0 Å². The van der Waals surface area contributed by atoms with E-state index in [1.54, 1.807) is 0 Å². The van der Waals surface area contributed by atoms with E-state index < -0.39 is 39.7 Å². The number of carbonyl (C=O) groups is 1. The van der Waals surface area contributed by atoms with E-state index in [0.717, 1.165) is 0 Å². The molecule has 10 nitrogen and oxygen atoms in total. The topological polar surface area (TPSA) is 182 Å². The summed E-state index contributed by atoms with van der Waals surface area (Å²) < 4.78 is 22.3. The number of nitrogens with two attached hydrogens (primary N) is 1. The maximum absolute atomic E-state index is 11.6. The minimum Gasteiger partial charge on any atom is -0.508 e. The number of amides is 1. The lowest BCUT2D eigenvalue weighted by Crippen LogP contribution is -2.47. The lowest BCUT2D eigenvalue weighted by molar-refractivity contribution is -0.122. The van der Waals surface area contributed by atoms with Crippen molar-refractivity contribution >= 4 is 21.1 Å². The summed E-state index contributed by atoms with van der Waals surface area (Å²) >= 11 is 0. The fourth-order valence-corrected chi connectivity index (χ4v) is 3.68. The third-order valence-corrected chi connectivity index (χ3v) is 4.33. The molecular formula is C11H18N2O8P2. The van der Waals surface area contributed by atoms with Gasteiger partial charge in [0, 0.05) is 0 Å². The molecule has 1 rings (SSSR count). The van der Waals surface area contributed by atoms with E-state index in [9.17, 15) is 19.0 Å². The van der Waals surface area contributed by atoms with Crippen LogP contribution in [-0.2, 0) is 20.3 Å². The van der Waals surface area contributed by atoms with Crippen LogP contribution in [0.5, 0.6) is 5.75 Å². The molecule has 1 amide bonds. The van der Waals surface area contributed by atoms with Gasteiger partial charge in [0.15, 0.2) is 0 Å². The number of hydrogen-bond acceptors (Lipinski definition) is 5. The third-order valence-electron chi connectivity index (χ3n) is 2.87. The predicted octanol–water partition coefficient (Wildman–Crippen LogP) is -0.639. The van der Waals surface area contributed by atoms with Crippen molar-refractivity contribution in [2.45, 2.75) is 12.5 Å². The van der Waals surface area contributed by atoms with E-state index in [-0.39, 0.29) is 12.2 Å². The Balaban J connectivity index is 3.08. The molecule has 1 atom stereocenters. The average molecular weight is 368 g/mol. The quantitative estimate of drug-likeness (QED) is 0.325. The Kier molecular flexibility index (Phi) is 6.49. The molecule has 0 aliphatic carbocycles. The molecule has 0 bridgehead atoms. The van der Waals surface area contributed by atoms with Gasteiger partial charge in [-0.3, -0.25) is 18.8 Å². The zero-order valence-corrected chi connectivity index (χ0v) is 13.7. The summed E-state index contributed by atoms with van der Waals surface area (Å²) in [4.78, 5) is 48.5. The van der Waals surface area contributed by atoms with Crippen molar-refractivity contribution in [2.75, 3.05) is 12.6 Å². The summed E-state index contributed by atoms with van der Waals surface area (Å²) in [6, 6.07) is 4.25. The van der Waals surface area contributed by atoms with Crippen molar-refractivity contribution in [3.63, 3.8) is 0 Å². The summed E-state index contributed by atoms with van der Waals surface area (Å²) in [5.41, 5.74) is 5.71. The number of rotatable bonds is 8. The SMILES string of the molecule is NC(=O)C(Cc1ccc(O)cc1)N(CP(=O)(O)O)CP(=O)(O)O. The van der Waals surface area contributed by atoms with Gasteiger partial charge >= 0.3 is 15.2 Å². The highest BCUT2D eigenvalue weighted by atomic mass is 31.2. The molecule has 1 aromatic carbocycles. The van der Waals surface area contributed by atoms with Gasteiger partial charge < -0.3 is 30.4 Å². The number of hydrogen-bond donors (Lipinski definition) is 6. The Morgan fingerprint density at radius 3 is 1.83 bits per heavy atom. The molecule has 0 saturated carbocycles. The first-order chi connectivity index (χ1) is 10.4. The Bertz CT molecular complexity index is 614. The van der Waals surface area contributed by atoms with Gasteiger partial charge in [-0.25, -0.2) is 0 Å². The lowest BCUT2D eigenvalue weighted by Gasteiger charge is -2.29. The standard InChI is InChI=1S/C11H18N2O8P2/c12-11(15)10(5-8-1-3-9(14)4-2-8)13(6-22(16,17)18)7-23(19,20)21/h1-4,10,14H,5-7H2,(H2,12,15)(H2,16,17,18)(H2,19,20,21). The van der Waals surface area contributed by atoms with Crippen LogP contribution in [0.4, 0.5) is 0 Å². The Hall–Kier alpha value is -1.25. The highest BCUT2D eigenvalue weighted by Gasteiger charge is 2.34. The first-order valence-corrected chi connectivity index (χ1v) is 9.87. The minimum atomic E-state index is -4.68. The zero-order chi connectivity index (χ0) is 17.8. The maximum Gasteiger partial charge on any atom is 0.339 e. The van der Waals surface area contributed by atoms with Crippen LogP contribution >= 0.6 is 15.2 Å². The van der Waals surface area contributed by atoms with E-state index >= 15 is 0 Å². The molecule has 0 heterocycles. The number of aromatic hydroxyl groups is 1. The Morgan fingerprint density at radius 2 is 1.48 bits per heavy atom. The summed E-state index contributed by atoms with van der Waals surface area (Å²) in [5, 5.41) is 9.21. The molecule has 1 aromatic rings. The Labute approximate surface area is 131 Å². The molecule has 12 heteroatoms. The van der Waals surface area contributed by atoms with Crippen LogP contribution in [0.15, 0.2) is 24.3 Å². The molecule has 1 unspecified atom stereocenters. The van der Waals surface area contributed by atoms with Crippen LogP contribution in [0.2, 0.25) is 0 Å². The van der Waals surface area contributed by atoms with Gasteiger partial charge in [0.25, 0.3) is 0 Å². The third kappa shape index (κ3) is 7.71. The first-order valence-electron chi connectivity index (χ1n) is 6.28. The fourth-order valence-electron chi connectivity index (χ4n) is 1.98. The molecule has 130 valence electrons. The first kappa shape index (κ1) is 19.8. The van der Waals surface area contributed by atoms with Crippen LogP contribution in [0.1, 0.15) is 5.56 Å². The molecule has 0 aliphatic heterocycles. The smallest absolute Gasteiger partial charge is 0.339 e. The van der Waals surface area contributed by atoms with Crippen LogP contribution < -0.4 is 5.73 Å². The molecule has 23 heavy (non-hydrogen) atoms. The molecular weight excluding hydrogens is 350 g/mol. The number of carbonyl (C=O) groups excluding carboxylic acids is 1. The van der Waals surface area contributed by atoms with E-state index in [1.807, 2.05) is 0 Å². The molecule has 0 radical (unpaired) electrons. The van der Waals surface area contributed by atoms with Gasteiger partial charge in [0.1, 0.15) is 18.3 Å². The highest BCUT2D eigenvalue weighted by Crippen LogP contribution is 2.41. The van der Waals surface area contributed by atoms with Gasteiger partial charge in [-0.2, -0.15) is 0 Å². The second-order valence-corrected chi connectivity index (χ2v) is 8.21. The van der Waals surface area contributed by atoms with Crippen LogP contribution in [0.3, 0.4) is 0 Å². The van der Waals surface area contributed by atoms with Gasteiger partial charge in [0.05, 0.1) is 6.04 Å². The van der Waals surface area contributed by atoms with Crippen molar-refractivity contribution < 1.29 is 38.6 Å². The van der Waals surface area contributed by atoms with Crippen LogP contribution in [0.25, 0.3) is 0 Å². The average Bonchev–Trinajstić information content (AvgIpc) is 2.33.